The Morgan fingerprint density at radius 3 is 2.58 bits per heavy atom. The summed E-state index contributed by atoms with van der Waals surface area (Å²) in [7, 11) is -3.49. The topological polar surface area (TPSA) is 62.3 Å². The van der Waals surface area contributed by atoms with Gasteiger partial charge in [-0.05, 0) is 39.4 Å². The lowest BCUT2D eigenvalue weighted by Gasteiger charge is -2.31. The number of thiazole rings is 1. The van der Waals surface area contributed by atoms with Gasteiger partial charge in [0.2, 0.25) is 0 Å². The summed E-state index contributed by atoms with van der Waals surface area (Å²) in [6.07, 6.45) is 1.69. The van der Waals surface area contributed by atoms with Gasteiger partial charge in [0, 0.05) is 6.04 Å². The molecule has 2 rings (SSSR count). The number of aryl methyl sites for hydroxylation is 1. The molecule has 1 saturated heterocycles. The molecule has 1 aliphatic heterocycles. The van der Waals surface area contributed by atoms with E-state index in [1.807, 2.05) is 0 Å². The van der Waals surface area contributed by atoms with Crippen LogP contribution in [-0.2, 0) is 10.0 Å². The summed E-state index contributed by atoms with van der Waals surface area (Å²) in [5.41, 5.74) is 0.466. The highest BCUT2D eigenvalue weighted by atomic mass is 35.5. The third-order valence-corrected chi connectivity index (χ3v) is 6.72. The number of nitrogens with zero attached hydrogens (tertiary/aromatic N) is 2. The zero-order chi connectivity index (χ0) is 14.0. The maximum atomic E-state index is 12.3. The number of aromatic nitrogens is 1. The van der Waals surface area contributed by atoms with Crippen LogP contribution in [0.4, 0.5) is 0 Å². The third-order valence-electron chi connectivity index (χ3n) is 3.33. The maximum Gasteiger partial charge on any atom is 0.252 e. The van der Waals surface area contributed by atoms with E-state index in [0.717, 1.165) is 43.8 Å². The number of likely N-dealkylation sites (tertiary alicyclic amines) is 1. The zero-order valence-electron chi connectivity index (χ0n) is 11.0. The molecule has 8 heteroatoms. The molecule has 0 spiro atoms. The van der Waals surface area contributed by atoms with E-state index in [9.17, 15) is 8.42 Å². The number of piperidine rings is 1. The standard InChI is InChI=1S/C11H18ClN3O2S2/c1-3-15-6-4-9(5-7-15)14-19(16,17)10-8(2)13-11(12)18-10/h9,14H,3-7H2,1-2H3. The van der Waals surface area contributed by atoms with Crippen LogP contribution in [0.3, 0.4) is 0 Å². The van der Waals surface area contributed by atoms with Gasteiger partial charge in [-0.15, -0.1) is 0 Å². The number of hydrogen-bond donors (Lipinski definition) is 1. The van der Waals surface area contributed by atoms with Gasteiger partial charge < -0.3 is 4.90 Å². The smallest absolute Gasteiger partial charge is 0.252 e. The molecule has 1 aromatic rings. The largest absolute Gasteiger partial charge is 0.303 e. The minimum Gasteiger partial charge on any atom is -0.303 e. The average Bonchev–Trinajstić information content (AvgIpc) is 2.70. The lowest BCUT2D eigenvalue weighted by Crippen LogP contribution is -2.44. The number of rotatable bonds is 4. The molecule has 108 valence electrons. The Hall–Kier alpha value is -0.210. The number of halogens is 1. The summed E-state index contributed by atoms with van der Waals surface area (Å²) in [6.45, 7) is 6.67. The predicted octanol–water partition coefficient (Wildman–Crippen LogP) is 1.87. The van der Waals surface area contributed by atoms with E-state index in [1.54, 1.807) is 6.92 Å². The monoisotopic (exact) mass is 323 g/mol. The molecular formula is C11H18ClN3O2S2. The van der Waals surface area contributed by atoms with Crippen molar-refractivity contribution in [3.05, 3.63) is 10.2 Å². The summed E-state index contributed by atoms with van der Waals surface area (Å²) in [5, 5.41) is 0. The van der Waals surface area contributed by atoms with Crippen LogP contribution in [-0.4, -0.2) is 44.0 Å². The van der Waals surface area contributed by atoms with Crippen molar-refractivity contribution in [3.63, 3.8) is 0 Å². The fraction of sp³-hybridized carbons (Fsp3) is 0.727. The molecule has 1 fully saturated rings. The molecule has 5 nitrogen and oxygen atoms in total. The summed E-state index contributed by atoms with van der Waals surface area (Å²) in [5.74, 6) is 0. The third kappa shape index (κ3) is 3.66. The first-order chi connectivity index (χ1) is 8.92. The maximum absolute atomic E-state index is 12.3. The van der Waals surface area contributed by atoms with Crippen molar-refractivity contribution in [2.75, 3.05) is 19.6 Å². The van der Waals surface area contributed by atoms with Crippen LogP contribution in [0.1, 0.15) is 25.5 Å². The highest BCUT2D eigenvalue weighted by Crippen LogP contribution is 2.27. The van der Waals surface area contributed by atoms with Crippen molar-refractivity contribution in [2.24, 2.45) is 0 Å². The van der Waals surface area contributed by atoms with Crippen LogP contribution in [0.5, 0.6) is 0 Å². The molecule has 0 aromatic carbocycles. The van der Waals surface area contributed by atoms with E-state index in [-0.39, 0.29) is 14.7 Å². The molecule has 19 heavy (non-hydrogen) atoms. The Morgan fingerprint density at radius 1 is 1.47 bits per heavy atom. The van der Waals surface area contributed by atoms with Gasteiger partial charge in [-0.3, -0.25) is 0 Å². The summed E-state index contributed by atoms with van der Waals surface area (Å²) in [4.78, 5) is 6.27. The molecule has 0 saturated carbocycles. The molecule has 1 aliphatic rings. The van der Waals surface area contributed by atoms with E-state index in [2.05, 4.69) is 21.5 Å². The second-order valence-electron chi connectivity index (χ2n) is 4.67. The van der Waals surface area contributed by atoms with Gasteiger partial charge >= 0.3 is 0 Å². The van der Waals surface area contributed by atoms with E-state index in [0.29, 0.717) is 5.69 Å². The van der Waals surface area contributed by atoms with Crippen molar-refractivity contribution in [3.8, 4) is 0 Å². The Balaban J connectivity index is 2.04. The Bertz CT molecular complexity index is 536. The summed E-state index contributed by atoms with van der Waals surface area (Å²) in [6, 6.07) is 0.00748. The molecule has 0 unspecified atom stereocenters. The Morgan fingerprint density at radius 2 is 2.11 bits per heavy atom. The normalized spacial score (nSPS) is 18.9. The first kappa shape index (κ1) is 15.2. The quantitative estimate of drug-likeness (QED) is 0.919. The molecule has 0 bridgehead atoms. The average molecular weight is 324 g/mol. The minimum absolute atomic E-state index is 0.00748. The molecule has 0 radical (unpaired) electrons. The fourth-order valence-corrected chi connectivity index (χ4v) is 5.30. The Kier molecular flexibility index (Phi) is 4.84. The van der Waals surface area contributed by atoms with Crippen LogP contribution in [0.15, 0.2) is 4.21 Å². The summed E-state index contributed by atoms with van der Waals surface area (Å²) >= 11 is 6.77. The number of sulfonamides is 1. The lowest BCUT2D eigenvalue weighted by molar-refractivity contribution is 0.217. The van der Waals surface area contributed by atoms with E-state index in [4.69, 9.17) is 11.6 Å². The summed E-state index contributed by atoms with van der Waals surface area (Å²) < 4.78 is 27.8. The van der Waals surface area contributed by atoms with Crippen LogP contribution >= 0.6 is 22.9 Å². The van der Waals surface area contributed by atoms with Gasteiger partial charge in [-0.2, -0.15) is 0 Å². The van der Waals surface area contributed by atoms with Crippen LogP contribution < -0.4 is 4.72 Å². The predicted molar refractivity (Wildman–Crippen MR) is 77.3 cm³/mol. The van der Waals surface area contributed by atoms with Crippen molar-refractivity contribution < 1.29 is 8.42 Å². The first-order valence-electron chi connectivity index (χ1n) is 6.30. The molecule has 1 aromatic heterocycles. The van der Waals surface area contributed by atoms with Crippen LogP contribution in [0.2, 0.25) is 4.47 Å². The van der Waals surface area contributed by atoms with E-state index >= 15 is 0 Å². The van der Waals surface area contributed by atoms with E-state index in [1.165, 1.54) is 0 Å². The molecular weight excluding hydrogens is 306 g/mol. The zero-order valence-corrected chi connectivity index (χ0v) is 13.4. The van der Waals surface area contributed by atoms with Crippen LogP contribution in [0.25, 0.3) is 0 Å². The minimum atomic E-state index is -3.49. The highest BCUT2D eigenvalue weighted by molar-refractivity contribution is 7.91. The van der Waals surface area contributed by atoms with E-state index < -0.39 is 10.0 Å². The van der Waals surface area contributed by atoms with Crippen molar-refractivity contribution in [1.29, 1.82) is 0 Å². The van der Waals surface area contributed by atoms with Gasteiger partial charge in [0.25, 0.3) is 10.0 Å². The molecule has 0 amide bonds. The molecule has 0 aliphatic carbocycles. The van der Waals surface area contributed by atoms with Crippen LogP contribution in [0, 0.1) is 6.92 Å². The molecule has 1 N–H and O–H groups in total. The molecule has 0 atom stereocenters. The van der Waals surface area contributed by atoms with Gasteiger partial charge in [-0.1, -0.05) is 29.9 Å². The number of hydrogen-bond acceptors (Lipinski definition) is 5. The first-order valence-corrected chi connectivity index (χ1v) is 8.97. The number of nitrogens with one attached hydrogen (secondary N) is 1. The van der Waals surface area contributed by atoms with Gasteiger partial charge in [0.1, 0.15) is 0 Å². The SMILES string of the molecule is CCN1CCC(NS(=O)(=O)c2sc(Cl)nc2C)CC1. The van der Waals surface area contributed by atoms with Crippen molar-refractivity contribution in [1.82, 2.24) is 14.6 Å². The van der Waals surface area contributed by atoms with Gasteiger partial charge in [0.05, 0.1) is 5.69 Å². The van der Waals surface area contributed by atoms with Gasteiger partial charge in [0.15, 0.2) is 8.68 Å². The Labute approximate surface area is 123 Å². The second kappa shape index (κ2) is 6.05. The fourth-order valence-electron chi connectivity index (χ4n) is 2.24. The highest BCUT2D eigenvalue weighted by Gasteiger charge is 2.27. The molecule has 2 heterocycles. The lowest BCUT2D eigenvalue weighted by atomic mass is 10.1. The van der Waals surface area contributed by atoms with Crippen molar-refractivity contribution in [2.45, 2.75) is 36.9 Å². The van der Waals surface area contributed by atoms with Gasteiger partial charge in [-0.25, -0.2) is 18.1 Å². The van der Waals surface area contributed by atoms with Crippen molar-refractivity contribution >= 4 is 33.0 Å². The second-order valence-corrected chi connectivity index (χ2v) is 8.16.